The van der Waals surface area contributed by atoms with E-state index in [1.54, 1.807) is 0 Å². The first-order valence-electron chi connectivity index (χ1n) is 7.90. The molecule has 3 heteroatoms. The summed E-state index contributed by atoms with van der Waals surface area (Å²) in [5, 5.41) is 3.24. The number of urea groups is 1. The summed E-state index contributed by atoms with van der Waals surface area (Å²) in [6.45, 7) is 2.97. The van der Waals surface area contributed by atoms with E-state index in [4.69, 9.17) is 0 Å². The fourth-order valence-electron chi connectivity index (χ4n) is 3.55. The van der Waals surface area contributed by atoms with Gasteiger partial charge in [0.15, 0.2) is 0 Å². The quantitative estimate of drug-likeness (QED) is 0.831. The molecule has 3 nitrogen and oxygen atoms in total. The first-order valence-corrected chi connectivity index (χ1v) is 7.90. The largest absolute Gasteiger partial charge is 0.335 e. The average molecular weight is 272 g/mol. The lowest BCUT2D eigenvalue weighted by Crippen LogP contribution is -2.48. The normalized spacial score (nSPS) is 23.2. The highest BCUT2D eigenvalue weighted by Crippen LogP contribution is 2.29. The van der Waals surface area contributed by atoms with Gasteiger partial charge in [-0.1, -0.05) is 43.5 Å². The van der Waals surface area contributed by atoms with Gasteiger partial charge in [-0.25, -0.2) is 4.79 Å². The molecular formula is C17H24N2O. The standard InChI is InChI=1S/C17H24N2O/c1-13-16-10-6-5-7-14(16)11-12-19(13)17(20)18-15-8-3-2-4-9-15/h5-7,10,13,15H,2-4,8-9,11-12H2,1H3,(H,18,20). The van der Waals surface area contributed by atoms with Crippen LogP contribution in [0.2, 0.25) is 0 Å². The SMILES string of the molecule is CC1c2ccccc2CCN1C(=O)NC1CCCCC1. The molecule has 2 amide bonds. The number of amides is 2. The molecule has 1 aliphatic heterocycles. The van der Waals surface area contributed by atoms with Crippen molar-refractivity contribution in [1.82, 2.24) is 10.2 Å². The third-order valence-corrected chi connectivity index (χ3v) is 4.79. The van der Waals surface area contributed by atoms with Gasteiger partial charge in [0, 0.05) is 12.6 Å². The zero-order valence-electron chi connectivity index (χ0n) is 12.3. The second-order valence-corrected chi connectivity index (χ2v) is 6.10. The van der Waals surface area contributed by atoms with Crippen LogP contribution in [-0.2, 0) is 6.42 Å². The second kappa shape index (κ2) is 5.86. The number of rotatable bonds is 1. The number of benzene rings is 1. The highest BCUT2D eigenvalue weighted by molar-refractivity contribution is 5.75. The van der Waals surface area contributed by atoms with Crippen molar-refractivity contribution < 1.29 is 4.79 Å². The third kappa shape index (κ3) is 2.67. The predicted molar refractivity (Wildman–Crippen MR) is 80.7 cm³/mol. The van der Waals surface area contributed by atoms with E-state index in [0.29, 0.717) is 6.04 Å². The number of hydrogen-bond acceptors (Lipinski definition) is 1. The van der Waals surface area contributed by atoms with Crippen LogP contribution in [0.5, 0.6) is 0 Å². The van der Waals surface area contributed by atoms with Gasteiger partial charge in [0.1, 0.15) is 0 Å². The monoisotopic (exact) mass is 272 g/mol. The van der Waals surface area contributed by atoms with Gasteiger partial charge in [-0.05, 0) is 37.3 Å². The van der Waals surface area contributed by atoms with Gasteiger partial charge in [-0.3, -0.25) is 0 Å². The molecule has 3 rings (SSSR count). The lowest BCUT2D eigenvalue weighted by atomic mass is 9.93. The van der Waals surface area contributed by atoms with Crippen LogP contribution in [0.4, 0.5) is 4.79 Å². The van der Waals surface area contributed by atoms with Crippen LogP contribution < -0.4 is 5.32 Å². The minimum absolute atomic E-state index is 0.124. The topological polar surface area (TPSA) is 32.3 Å². The Morgan fingerprint density at radius 3 is 2.75 bits per heavy atom. The lowest BCUT2D eigenvalue weighted by Gasteiger charge is -2.36. The van der Waals surface area contributed by atoms with Gasteiger partial charge >= 0.3 is 6.03 Å². The molecule has 1 aliphatic carbocycles. The highest BCUT2D eigenvalue weighted by Gasteiger charge is 2.28. The van der Waals surface area contributed by atoms with Crippen molar-refractivity contribution in [2.24, 2.45) is 0 Å². The van der Waals surface area contributed by atoms with E-state index in [1.807, 2.05) is 4.90 Å². The number of carbonyl (C=O) groups is 1. The Morgan fingerprint density at radius 1 is 1.20 bits per heavy atom. The molecule has 0 radical (unpaired) electrons. The molecule has 1 N–H and O–H groups in total. The van der Waals surface area contributed by atoms with Crippen LogP contribution in [0.25, 0.3) is 0 Å². The smallest absolute Gasteiger partial charge is 0.318 e. The molecule has 0 saturated heterocycles. The van der Waals surface area contributed by atoms with Crippen LogP contribution in [0.15, 0.2) is 24.3 Å². The predicted octanol–water partition coefficient (Wildman–Crippen LogP) is 3.65. The molecule has 1 saturated carbocycles. The minimum atomic E-state index is 0.124. The van der Waals surface area contributed by atoms with Crippen molar-refractivity contribution >= 4 is 6.03 Å². The molecule has 1 unspecified atom stereocenters. The summed E-state index contributed by atoms with van der Waals surface area (Å²) in [5.41, 5.74) is 2.69. The van der Waals surface area contributed by atoms with E-state index in [2.05, 4.69) is 36.5 Å². The van der Waals surface area contributed by atoms with Crippen LogP contribution in [0.3, 0.4) is 0 Å². The molecule has 108 valence electrons. The Balaban J connectivity index is 1.67. The van der Waals surface area contributed by atoms with Crippen LogP contribution in [0.1, 0.15) is 56.2 Å². The Morgan fingerprint density at radius 2 is 1.95 bits per heavy atom. The molecule has 1 aromatic rings. The Hall–Kier alpha value is -1.51. The highest BCUT2D eigenvalue weighted by atomic mass is 16.2. The van der Waals surface area contributed by atoms with Crippen molar-refractivity contribution in [2.45, 2.75) is 57.5 Å². The Labute approximate surface area is 121 Å². The zero-order chi connectivity index (χ0) is 13.9. The Bertz CT molecular complexity index is 480. The Kier molecular flexibility index (Phi) is 3.95. The van der Waals surface area contributed by atoms with Gasteiger partial charge in [-0.15, -0.1) is 0 Å². The van der Waals surface area contributed by atoms with E-state index >= 15 is 0 Å². The van der Waals surface area contributed by atoms with E-state index in [1.165, 1.54) is 30.4 Å². The van der Waals surface area contributed by atoms with Crippen LogP contribution in [0, 0.1) is 0 Å². The number of nitrogens with one attached hydrogen (secondary N) is 1. The average Bonchev–Trinajstić information content (AvgIpc) is 2.49. The summed E-state index contributed by atoms with van der Waals surface area (Å²) >= 11 is 0. The molecule has 1 fully saturated rings. The molecule has 1 heterocycles. The molecule has 20 heavy (non-hydrogen) atoms. The van der Waals surface area contributed by atoms with Crippen molar-refractivity contribution in [3.8, 4) is 0 Å². The molecule has 1 aromatic carbocycles. The van der Waals surface area contributed by atoms with Crippen molar-refractivity contribution in [2.75, 3.05) is 6.54 Å². The number of carbonyl (C=O) groups excluding carboxylic acids is 1. The number of nitrogens with zero attached hydrogens (tertiary/aromatic N) is 1. The van der Waals surface area contributed by atoms with E-state index < -0.39 is 0 Å². The summed E-state index contributed by atoms with van der Waals surface area (Å²) < 4.78 is 0. The number of fused-ring (bicyclic) bond motifs is 1. The maximum absolute atomic E-state index is 12.5. The minimum Gasteiger partial charge on any atom is -0.335 e. The van der Waals surface area contributed by atoms with Crippen molar-refractivity contribution in [3.63, 3.8) is 0 Å². The fourth-order valence-corrected chi connectivity index (χ4v) is 3.55. The van der Waals surface area contributed by atoms with Gasteiger partial charge in [0.05, 0.1) is 6.04 Å². The summed E-state index contributed by atoms with van der Waals surface area (Å²) in [5.74, 6) is 0. The zero-order valence-corrected chi connectivity index (χ0v) is 12.3. The van der Waals surface area contributed by atoms with E-state index in [0.717, 1.165) is 25.8 Å². The summed E-state index contributed by atoms with van der Waals surface area (Å²) in [6, 6.07) is 9.19. The van der Waals surface area contributed by atoms with Gasteiger partial charge in [-0.2, -0.15) is 0 Å². The van der Waals surface area contributed by atoms with Gasteiger partial charge in [0.2, 0.25) is 0 Å². The second-order valence-electron chi connectivity index (χ2n) is 6.10. The molecule has 1 atom stereocenters. The van der Waals surface area contributed by atoms with Crippen molar-refractivity contribution in [3.05, 3.63) is 35.4 Å². The van der Waals surface area contributed by atoms with Gasteiger partial charge < -0.3 is 10.2 Å². The molecular weight excluding hydrogens is 248 g/mol. The first-order chi connectivity index (χ1) is 9.75. The summed E-state index contributed by atoms with van der Waals surface area (Å²) in [4.78, 5) is 14.5. The van der Waals surface area contributed by atoms with E-state index in [9.17, 15) is 4.79 Å². The van der Waals surface area contributed by atoms with Gasteiger partial charge in [0.25, 0.3) is 0 Å². The molecule has 0 bridgehead atoms. The summed E-state index contributed by atoms with van der Waals surface area (Å²) in [7, 11) is 0. The van der Waals surface area contributed by atoms with Crippen LogP contribution >= 0.6 is 0 Å². The molecule has 0 spiro atoms. The number of hydrogen-bond donors (Lipinski definition) is 1. The fraction of sp³-hybridized carbons (Fsp3) is 0.588. The van der Waals surface area contributed by atoms with Crippen LogP contribution in [-0.4, -0.2) is 23.5 Å². The lowest BCUT2D eigenvalue weighted by molar-refractivity contribution is 0.168. The third-order valence-electron chi connectivity index (χ3n) is 4.79. The summed E-state index contributed by atoms with van der Waals surface area (Å²) in [6.07, 6.45) is 7.08. The van der Waals surface area contributed by atoms with E-state index in [-0.39, 0.29) is 12.1 Å². The molecule has 0 aromatic heterocycles. The first kappa shape index (κ1) is 13.5. The molecule has 2 aliphatic rings. The van der Waals surface area contributed by atoms with Crippen molar-refractivity contribution in [1.29, 1.82) is 0 Å². The maximum Gasteiger partial charge on any atom is 0.318 e. The maximum atomic E-state index is 12.5.